The van der Waals surface area contributed by atoms with Crippen molar-refractivity contribution in [1.29, 1.82) is 0 Å². The van der Waals surface area contributed by atoms with Crippen molar-refractivity contribution in [2.75, 3.05) is 6.54 Å². The van der Waals surface area contributed by atoms with Gasteiger partial charge in [-0.25, -0.2) is 0 Å². The fourth-order valence-electron chi connectivity index (χ4n) is 2.70. The average molecular weight is 268 g/mol. The van der Waals surface area contributed by atoms with Crippen molar-refractivity contribution in [2.24, 2.45) is 5.73 Å². The number of likely N-dealkylation sites (tertiary alicyclic amines) is 1. The van der Waals surface area contributed by atoms with Gasteiger partial charge in [-0.05, 0) is 16.3 Å². The number of imide groups is 1. The van der Waals surface area contributed by atoms with Gasteiger partial charge in [0, 0.05) is 25.4 Å². The summed E-state index contributed by atoms with van der Waals surface area (Å²) in [6, 6.07) is 13.6. The molecule has 2 aromatic rings. The molecule has 1 unspecified atom stereocenters. The van der Waals surface area contributed by atoms with Crippen molar-refractivity contribution in [3.05, 3.63) is 48.0 Å². The van der Waals surface area contributed by atoms with Gasteiger partial charge in [-0.3, -0.25) is 14.5 Å². The van der Waals surface area contributed by atoms with Crippen molar-refractivity contribution in [2.45, 2.75) is 18.9 Å². The molecule has 0 spiro atoms. The molecule has 1 saturated heterocycles. The Balaban J connectivity index is 1.91. The highest BCUT2D eigenvalue weighted by molar-refractivity contribution is 6.02. The van der Waals surface area contributed by atoms with Crippen LogP contribution < -0.4 is 5.73 Å². The predicted molar refractivity (Wildman–Crippen MR) is 76.8 cm³/mol. The van der Waals surface area contributed by atoms with Gasteiger partial charge in [0.2, 0.25) is 11.8 Å². The lowest BCUT2D eigenvalue weighted by Crippen LogP contribution is -2.36. The first-order valence-electron chi connectivity index (χ1n) is 6.73. The number of rotatable bonds is 3. The standard InChI is InChI=1S/C16H16N2O2/c17-14(10-18-15(19)8-9-16(18)20)13-7-3-5-11-4-1-2-6-12(11)13/h1-7,14H,8-10,17H2. The molecule has 2 aromatic carbocycles. The third-order valence-corrected chi connectivity index (χ3v) is 3.76. The van der Waals surface area contributed by atoms with Gasteiger partial charge in [-0.1, -0.05) is 42.5 Å². The molecule has 4 heteroatoms. The SMILES string of the molecule is NC(CN1C(=O)CCC1=O)c1cccc2ccccc12. The van der Waals surface area contributed by atoms with E-state index in [0.29, 0.717) is 12.8 Å². The van der Waals surface area contributed by atoms with Gasteiger partial charge in [-0.2, -0.15) is 0 Å². The summed E-state index contributed by atoms with van der Waals surface area (Å²) < 4.78 is 0. The number of hydrogen-bond donors (Lipinski definition) is 1. The van der Waals surface area contributed by atoms with E-state index in [1.807, 2.05) is 42.5 Å². The Kier molecular flexibility index (Phi) is 3.24. The maximum absolute atomic E-state index is 11.7. The molecule has 0 radical (unpaired) electrons. The van der Waals surface area contributed by atoms with Crippen LogP contribution in [0.15, 0.2) is 42.5 Å². The summed E-state index contributed by atoms with van der Waals surface area (Å²) in [4.78, 5) is 24.6. The number of nitrogens with zero attached hydrogens (tertiary/aromatic N) is 1. The molecule has 102 valence electrons. The number of carbonyl (C=O) groups excluding carboxylic acids is 2. The molecule has 1 heterocycles. The molecule has 0 aromatic heterocycles. The first kappa shape index (κ1) is 12.8. The normalized spacial score (nSPS) is 16.9. The monoisotopic (exact) mass is 268 g/mol. The summed E-state index contributed by atoms with van der Waals surface area (Å²) in [7, 11) is 0. The number of amides is 2. The molecule has 1 aliphatic heterocycles. The van der Waals surface area contributed by atoms with Crippen LogP contribution in [-0.2, 0) is 9.59 Å². The minimum atomic E-state index is -0.355. The van der Waals surface area contributed by atoms with Crippen molar-refractivity contribution < 1.29 is 9.59 Å². The number of benzene rings is 2. The van der Waals surface area contributed by atoms with E-state index in [1.165, 1.54) is 4.90 Å². The van der Waals surface area contributed by atoms with Crippen molar-refractivity contribution in [3.63, 3.8) is 0 Å². The van der Waals surface area contributed by atoms with Crippen LogP contribution in [0.2, 0.25) is 0 Å². The van der Waals surface area contributed by atoms with Crippen molar-refractivity contribution in [3.8, 4) is 0 Å². The molecule has 20 heavy (non-hydrogen) atoms. The Morgan fingerprint density at radius 3 is 2.40 bits per heavy atom. The van der Waals surface area contributed by atoms with Gasteiger partial charge < -0.3 is 5.73 Å². The van der Waals surface area contributed by atoms with Gasteiger partial charge >= 0.3 is 0 Å². The second-order valence-electron chi connectivity index (χ2n) is 5.07. The van der Waals surface area contributed by atoms with Crippen LogP contribution in [0.1, 0.15) is 24.4 Å². The average Bonchev–Trinajstić information content (AvgIpc) is 2.78. The third-order valence-electron chi connectivity index (χ3n) is 3.76. The third kappa shape index (κ3) is 2.18. The van der Waals surface area contributed by atoms with E-state index in [4.69, 9.17) is 5.73 Å². The first-order valence-corrected chi connectivity index (χ1v) is 6.73. The van der Waals surface area contributed by atoms with Gasteiger partial charge in [0.05, 0.1) is 0 Å². The first-order chi connectivity index (χ1) is 9.66. The van der Waals surface area contributed by atoms with Crippen molar-refractivity contribution in [1.82, 2.24) is 4.90 Å². The summed E-state index contributed by atoms with van der Waals surface area (Å²) in [5.74, 6) is -0.239. The van der Waals surface area contributed by atoms with Crippen LogP contribution in [0, 0.1) is 0 Å². The zero-order valence-electron chi connectivity index (χ0n) is 11.1. The summed E-state index contributed by atoms with van der Waals surface area (Å²) >= 11 is 0. The Hall–Kier alpha value is -2.20. The van der Waals surface area contributed by atoms with E-state index in [2.05, 4.69) is 0 Å². The van der Waals surface area contributed by atoms with E-state index in [-0.39, 0.29) is 24.4 Å². The fourth-order valence-corrected chi connectivity index (χ4v) is 2.70. The molecular formula is C16H16N2O2. The zero-order valence-corrected chi connectivity index (χ0v) is 11.1. The summed E-state index contributed by atoms with van der Waals surface area (Å²) in [5.41, 5.74) is 7.19. The number of nitrogens with two attached hydrogens (primary N) is 1. The topological polar surface area (TPSA) is 63.4 Å². The van der Waals surface area contributed by atoms with Crippen LogP contribution in [0.5, 0.6) is 0 Å². The van der Waals surface area contributed by atoms with E-state index in [0.717, 1.165) is 16.3 Å². The number of fused-ring (bicyclic) bond motifs is 1. The lowest BCUT2D eigenvalue weighted by atomic mass is 9.99. The predicted octanol–water partition coefficient (Wildman–Crippen LogP) is 1.99. The second-order valence-corrected chi connectivity index (χ2v) is 5.07. The number of carbonyl (C=O) groups is 2. The van der Waals surface area contributed by atoms with Gasteiger partial charge in [0.15, 0.2) is 0 Å². The minimum Gasteiger partial charge on any atom is -0.322 e. The lowest BCUT2D eigenvalue weighted by Gasteiger charge is -2.20. The van der Waals surface area contributed by atoms with Crippen LogP contribution in [0.3, 0.4) is 0 Å². The van der Waals surface area contributed by atoms with E-state index < -0.39 is 0 Å². The Bertz CT molecular complexity index is 660. The van der Waals surface area contributed by atoms with Gasteiger partial charge in [0.25, 0.3) is 0 Å². The van der Waals surface area contributed by atoms with Crippen LogP contribution in [0.4, 0.5) is 0 Å². The largest absolute Gasteiger partial charge is 0.322 e. The Morgan fingerprint density at radius 1 is 1.00 bits per heavy atom. The maximum Gasteiger partial charge on any atom is 0.229 e. The number of hydrogen-bond acceptors (Lipinski definition) is 3. The van der Waals surface area contributed by atoms with Crippen LogP contribution >= 0.6 is 0 Å². The van der Waals surface area contributed by atoms with Gasteiger partial charge in [0.1, 0.15) is 0 Å². The Morgan fingerprint density at radius 2 is 1.65 bits per heavy atom. The summed E-state index contributed by atoms with van der Waals surface area (Å²) in [6.07, 6.45) is 0.613. The van der Waals surface area contributed by atoms with Crippen molar-refractivity contribution >= 4 is 22.6 Å². The molecule has 4 nitrogen and oxygen atoms in total. The molecule has 0 aliphatic carbocycles. The molecular weight excluding hydrogens is 252 g/mol. The minimum absolute atomic E-state index is 0.120. The highest BCUT2D eigenvalue weighted by Gasteiger charge is 2.30. The fraction of sp³-hybridized carbons (Fsp3) is 0.250. The van der Waals surface area contributed by atoms with E-state index in [1.54, 1.807) is 0 Å². The molecule has 1 aliphatic rings. The zero-order chi connectivity index (χ0) is 14.1. The summed E-state index contributed by atoms with van der Waals surface area (Å²) in [5, 5.41) is 2.18. The van der Waals surface area contributed by atoms with Crippen LogP contribution in [0.25, 0.3) is 10.8 Å². The smallest absolute Gasteiger partial charge is 0.229 e. The molecule has 1 fully saturated rings. The second kappa shape index (κ2) is 5.06. The van der Waals surface area contributed by atoms with E-state index >= 15 is 0 Å². The summed E-state index contributed by atoms with van der Waals surface area (Å²) in [6.45, 7) is 0.256. The quantitative estimate of drug-likeness (QED) is 0.866. The molecule has 2 amide bonds. The molecule has 0 saturated carbocycles. The Labute approximate surface area is 117 Å². The van der Waals surface area contributed by atoms with Gasteiger partial charge in [-0.15, -0.1) is 0 Å². The maximum atomic E-state index is 11.7. The highest BCUT2D eigenvalue weighted by atomic mass is 16.2. The molecule has 0 bridgehead atoms. The molecule has 3 rings (SSSR count). The van der Waals surface area contributed by atoms with Crippen LogP contribution in [-0.4, -0.2) is 23.3 Å². The highest BCUT2D eigenvalue weighted by Crippen LogP contribution is 2.25. The molecule has 2 N–H and O–H groups in total. The van der Waals surface area contributed by atoms with E-state index in [9.17, 15) is 9.59 Å². The molecule has 1 atom stereocenters. The lowest BCUT2D eigenvalue weighted by molar-refractivity contribution is -0.138.